The molecule has 0 aliphatic rings. The minimum Gasteiger partial charge on any atom is -0.508 e. The Morgan fingerprint density at radius 1 is 1.25 bits per heavy atom. The zero-order valence-corrected chi connectivity index (χ0v) is 11.8. The average Bonchev–Trinajstić information content (AvgIpc) is 2.43. The molecule has 0 heterocycles. The van der Waals surface area contributed by atoms with Crippen LogP contribution in [0.3, 0.4) is 0 Å². The first kappa shape index (κ1) is 14.5. The summed E-state index contributed by atoms with van der Waals surface area (Å²) >= 11 is 1.68. The molecule has 2 aromatic carbocycles. The number of halogens is 1. The van der Waals surface area contributed by atoms with E-state index < -0.39 is 5.82 Å². The maximum Gasteiger partial charge on any atom is 0.127 e. The minimum atomic E-state index is -0.434. The highest BCUT2D eigenvalue weighted by Gasteiger charge is 2.03. The Morgan fingerprint density at radius 3 is 2.80 bits per heavy atom. The predicted molar refractivity (Wildman–Crippen MR) is 82.8 cm³/mol. The van der Waals surface area contributed by atoms with E-state index in [2.05, 4.69) is 11.9 Å². The van der Waals surface area contributed by atoms with Gasteiger partial charge in [-0.3, -0.25) is 0 Å². The molecule has 0 aromatic heterocycles. The number of phenolic OH excluding ortho intramolecular Hbond substituents is 1. The summed E-state index contributed by atoms with van der Waals surface area (Å²) in [4.78, 5) is 1.12. The lowest BCUT2D eigenvalue weighted by Gasteiger charge is -2.11. The molecule has 0 spiro atoms. The number of hydrogen-bond donors (Lipinski definition) is 2. The molecule has 2 N–H and O–H groups in total. The van der Waals surface area contributed by atoms with Crippen molar-refractivity contribution in [1.82, 2.24) is 0 Å². The number of rotatable bonds is 6. The molecule has 2 nitrogen and oxygen atoms in total. The molecule has 0 fully saturated rings. The molecule has 104 valence electrons. The lowest BCUT2D eigenvalue weighted by atomic mass is 10.2. The number of hydrogen-bond acceptors (Lipinski definition) is 3. The third kappa shape index (κ3) is 4.03. The van der Waals surface area contributed by atoms with Gasteiger partial charge in [-0.05, 0) is 29.8 Å². The van der Waals surface area contributed by atoms with Gasteiger partial charge in [0.25, 0.3) is 0 Å². The number of benzene rings is 2. The van der Waals surface area contributed by atoms with E-state index in [4.69, 9.17) is 0 Å². The van der Waals surface area contributed by atoms with Crippen LogP contribution in [0.5, 0.6) is 5.75 Å². The van der Waals surface area contributed by atoms with Crippen LogP contribution >= 0.6 is 11.8 Å². The summed E-state index contributed by atoms with van der Waals surface area (Å²) in [5.41, 5.74) is 1.69. The van der Waals surface area contributed by atoms with E-state index in [0.29, 0.717) is 12.1 Å². The first-order valence-electron chi connectivity index (χ1n) is 6.24. The Balaban J connectivity index is 2.08. The molecule has 0 bridgehead atoms. The van der Waals surface area contributed by atoms with Crippen LogP contribution in [-0.2, 0) is 6.54 Å². The quantitative estimate of drug-likeness (QED) is 0.610. The van der Waals surface area contributed by atoms with E-state index >= 15 is 0 Å². The number of phenols is 1. The second-order valence-corrected chi connectivity index (χ2v) is 5.33. The summed E-state index contributed by atoms with van der Waals surface area (Å²) in [5, 5.41) is 12.6. The Hall–Kier alpha value is -1.94. The highest BCUT2D eigenvalue weighted by atomic mass is 32.2. The standard InChI is InChI=1S/C16H16FNOS/c1-2-7-20-16-6-4-3-5-15(16)18-11-12-8-13(17)10-14(19)9-12/h2-6,8-10,18-19H,1,7,11H2. The number of anilines is 1. The number of thioether (sulfide) groups is 1. The number of aromatic hydroxyl groups is 1. The van der Waals surface area contributed by atoms with Crippen LogP contribution in [0.2, 0.25) is 0 Å². The van der Waals surface area contributed by atoms with Gasteiger partial charge in [-0.15, -0.1) is 18.3 Å². The lowest BCUT2D eigenvalue weighted by Crippen LogP contribution is -2.01. The van der Waals surface area contributed by atoms with Gasteiger partial charge in [-0.1, -0.05) is 18.2 Å². The van der Waals surface area contributed by atoms with Gasteiger partial charge in [0.15, 0.2) is 0 Å². The van der Waals surface area contributed by atoms with Crippen molar-refractivity contribution < 1.29 is 9.50 Å². The molecule has 2 aromatic rings. The summed E-state index contributed by atoms with van der Waals surface area (Å²) in [6, 6.07) is 12.0. The molecule has 0 saturated carbocycles. The van der Waals surface area contributed by atoms with Gasteiger partial charge in [0.2, 0.25) is 0 Å². The molecule has 2 rings (SSSR count). The molecule has 0 atom stereocenters. The van der Waals surface area contributed by atoms with E-state index in [1.54, 1.807) is 17.8 Å². The molecule has 4 heteroatoms. The van der Waals surface area contributed by atoms with E-state index in [1.165, 1.54) is 6.07 Å². The maximum absolute atomic E-state index is 13.2. The first-order valence-corrected chi connectivity index (χ1v) is 7.22. The fourth-order valence-corrected chi connectivity index (χ4v) is 2.59. The van der Waals surface area contributed by atoms with Gasteiger partial charge in [0.1, 0.15) is 11.6 Å². The van der Waals surface area contributed by atoms with Crippen LogP contribution in [0.25, 0.3) is 0 Å². The molecule has 0 saturated heterocycles. The molecular weight excluding hydrogens is 273 g/mol. The van der Waals surface area contributed by atoms with Crippen LogP contribution in [0.15, 0.2) is 60.0 Å². The van der Waals surface area contributed by atoms with E-state index in [9.17, 15) is 9.50 Å². The summed E-state index contributed by atoms with van der Waals surface area (Å²) in [7, 11) is 0. The summed E-state index contributed by atoms with van der Waals surface area (Å²) in [6.45, 7) is 4.16. The van der Waals surface area contributed by atoms with Crippen LogP contribution in [0, 0.1) is 5.82 Å². The lowest BCUT2D eigenvalue weighted by molar-refractivity contribution is 0.468. The van der Waals surface area contributed by atoms with Gasteiger partial charge >= 0.3 is 0 Å². The zero-order chi connectivity index (χ0) is 14.4. The Labute approximate surface area is 122 Å². The maximum atomic E-state index is 13.2. The molecule has 0 aliphatic carbocycles. The number of nitrogens with one attached hydrogen (secondary N) is 1. The molecule has 0 aliphatic heterocycles. The predicted octanol–water partition coefficient (Wildman–Crippen LogP) is 4.42. The number of para-hydroxylation sites is 1. The third-order valence-corrected chi connectivity index (χ3v) is 3.74. The van der Waals surface area contributed by atoms with Gasteiger partial charge in [0, 0.05) is 28.9 Å². The van der Waals surface area contributed by atoms with Crippen molar-refractivity contribution in [2.75, 3.05) is 11.1 Å². The molecular formula is C16H16FNOS. The largest absolute Gasteiger partial charge is 0.508 e. The van der Waals surface area contributed by atoms with Gasteiger partial charge in [-0.2, -0.15) is 0 Å². The van der Waals surface area contributed by atoms with Crippen molar-refractivity contribution in [3.05, 3.63) is 66.5 Å². The van der Waals surface area contributed by atoms with Gasteiger partial charge in [0.05, 0.1) is 0 Å². The van der Waals surface area contributed by atoms with Crippen molar-refractivity contribution >= 4 is 17.4 Å². The third-order valence-electron chi connectivity index (χ3n) is 2.67. The molecule has 0 unspecified atom stereocenters. The second-order valence-electron chi connectivity index (χ2n) is 4.27. The summed E-state index contributed by atoms with van der Waals surface area (Å²) < 4.78 is 13.2. The molecule has 0 radical (unpaired) electrons. The fraction of sp³-hybridized carbons (Fsp3) is 0.125. The van der Waals surface area contributed by atoms with Crippen molar-refractivity contribution in [3.63, 3.8) is 0 Å². The monoisotopic (exact) mass is 289 g/mol. The highest BCUT2D eigenvalue weighted by Crippen LogP contribution is 2.27. The van der Waals surface area contributed by atoms with Crippen LogP contribution in [0.1, 0.15) is 5.56 Å². The zero-order valence-electron chi connectivity index (χ0n) is 11.0. The van der Waals surface area contributed by atoms with E-state index in [1.807, 2.05) is 30.3 Å². The smallest absolute Gasteiger partial charge is 0.127 e. The van der Waals surface area contributed by atoms with E-state index in [-0.39, 0.29) is 5.75 Å². The normalized spacial score (nSPS) is 10.2. The summed E-state index contributed by atoms with van der Waals surface area (Å²) in [5.74, 6) is 0.339. The van der Waals surface area contributed by atoms with Crippen molar-refractivity contribution in [2.45, 2.75) is 11.4 Å². The van der Waals surface area contributed by atoms with Crippen LogP contribution in [-0.4, -0.2) is 10.9 Å². The van der Waals surface area contributed by atoms with Crippen LogP contribution in [0.4, 0.5) is 10.1 Å². The Morgan fingerprint density at radius 2 is 2.05 bits per heavy atom. The fourth-order valence-electron chi connectivity index (χ4n) is 1.82. The van der Waals surface area contributed by atoms with Crippen molar-refractivity contribution in [1.29, 1.82) is 0 Å². The SMILES string of the molecule is C=CCSc1ccccc1NCc1cc(O)cc(F)c1. The van der Waals surface area contributed by atoms with Crippen molar-refractivity contribution in [3.8, 4) is 5.75 Å². The molecule has 0 amide bonds. The Kier molecular flexibility index (Phi) is 5.07. The summed E-state index contributed by atoms with van der Waals surface area (Å²) in [6.07, 6.45) is 1.85. The van der Waals surface area contributed by atoms with E-state index in [0.717, 1.165) is 22.4 Å². The molecule has 20 heavy (non-hydrogen) atoms. The first-order chi connectivity index (χ1) is 9.69. The Bertz CT molecular complexity index is 581. The van der Waals surface area contributed by atoms with Crippen molar-refractivity contribution in [2.24, 2.45) is 0 Å². The highest BCUT2D eigenvalue weighted by molar-refractivity contribution is 7.99. The average molecular weight is 289 g/mol. The van der Waals surface area contributed by atoms with Gasteiger partial charge in [-0.25, -0.2) is 4.39 Å². The topological polar surface area (TPSA) is 32.3 Å². The second kappa shape index (κ2) is 7.01. The van der Waals surface area contributed by atoms with Gasteiger partial charge < -0.3 is 10.4 Å². The minimum absolute atomic E-state index is 0.0592. The van der Waals surface area contributed by atoms with Crippen LogP contribution < -0.4 is 5.32 Å².